The first-order valence-corrected chi connectivity index (χ1v) is 6.79. The maximum absolute atomic E-state index is 12.7. The van der Waals surface area contributed by atoms with Gasteiger partial charge < -0.3 is 14.6 Å². The van der Waals surface area contributed by atoms with E-state index in [4.69, 9.17) is 5.11 Å². The maximum atomic E-state index is 12.7. The first-order chi connectivity index (χ1) is 9.72. The highest BCUT2D eigenvalue weighted by Crippen LogP contribution is 2.29. The van der Waals surface area contributed by atoms with Crippen molar-refractivity contribution < 1.29 is 9.90 Å². The minimum Gasteiger partial charge on any atom is -0.395 e. The molecule has 2 aromatic rings. The predicted molar refractivity (Wildman–Crippen MR) is 73.7 cm³/mol. The smallest absolute Gasteiger partial charge is 0.259 e. The topological polar surface area (TPSA) is 63.3 Å². The van der Waals surface area contributed by atoms with E-state index < -0.39 is 0 Å². The molecule has 3 rings (SSSR count). The second-order valence-electron chi connectivity index (χ2n) is 5.05. The Hall–Kier alpha value is -2.08. The third-order valence-corrected chi connectivity index (χ3v) is 3.58. The monoisotopic (exact) mass is 274 g/mol. The van der Waals surface area contributed by atoms with Crippen molar-refractivity contribution in [3.8, 4) is 5.82 Å². The summed E-state index contributed by atoms with van der Waals surface area (Å²) in [5.74, 6) is 0.696. The van der Waals surface area contributed by atoms with Crippen LogP contribution in [-0.4, -0.2) is 49.5 Å². The molecule has 1 fully saturated rings. The number of hydrogen-bond donors (Lipinski definition) is 1. The number of hydrogen-bond acceptors (Lipinski definition) is 3. The third-order valence-electron chi connectivity index (χ3n) is 3.58. The highest BCUT2D eigenvalue weighted by atomic mass is 16.3. The van der Waals surface area contributed by atoms with Gasteiger partial charge in [-0.2, -0.15) is 5.10 Å². The van der Waals surface area contributed by atoms with Crippen LogP contribution in [0.1, 0.15) is 23.2 Å². The average Bonchev–Trinajstić information content (AvgIpc) is 2.98. The molecule has 0 unspecified atom stereocenters. The van der Waals surface area contributed by atoms with Gasteiger partial charge in [0, 0.05) is 32.0 Å². The summed E-state index contributed by atoms with van der Waals surface area (Å²) < 4.78 is 3.57. The fraction of sp³-hybridized carbons (Fsp3) is 0.429. The summed E-state index contributed by atoms with van der Waals surface area (Å²) in [6, 6.07) is 4.09. The number of carbonyl (C=O) groups excluding carboxylic acids is 1. The lowest BCUT2D eigenvalue weighted by Gasteiger charge is -2.21. The van der Waals surface area contributed by atoms with Gasteiger partial charge in [-0.1, -0.05) is 0 Å². The number of aryl methyl sites for hydroxylation is 1. The van der Waals surface area contributed by atoms with Crippen LogP contribution < -0.4 is 0 Å². The van der Waals surface area contributed by atoms with E-state index in [2.05, 4.69) is 5.10 Å². The van der Waals surface area contributed by atoms with Crippen LogP contribution in [0.5, 0.6) is 0 Å². The van der Waals surface area contributed by atoms with E-state index >= 15 is 0 Å². The number of nitrogens with zero attached hydrogens (tertiary/aromatic N) is 4. The van der Waals surface area contributed by atoms with Gasteiger partial charge in [0.05, 0.1) is 12.8 Å². The lowest BCUT2D eigenvalue weighted by Crippen LogP contribution is -2.35. The summed E-state index contributed by atoms with van der Waals surface area (Å²) >= 11 is 0. The van der Waals surface area contributed by atoms with Gasteiger partial charge in [0.25, 0.3) is 5.91 Å². The molecule has 1 saturated carbocycles. The molecule has 0 bridgehead atoms. The van der Waals surface area contributed by atoms with Crippen molar-refractivity contribution in [1.82, 2.24) is 19.2 Å². The van der Waals surface area contributed by atoms with Crippen LogP contribution in [0.3, 0.4) is 0 Å². The second kappa shape index (κ2) is 5.13. The van der Waals surface area contributed by atoms with Gasteiger partial charge in [0.2, 0.25) is 0 Å². The van der Waals surface area contributed by atoms with Crippen LogP contribution in [0.4, 0.5) is 0 Å². The van der Waals surface area contributed by atoms with Crippen LogP contribution >= 0.6 is 0 Å². The zero-order chi connectivity index (χ0) is 14.1. The molecule has 0 radical (unpaired) electrons. The number of amides is 1. The Morgan fingerprint density at radius 2 is 2.15 bits per heavy atom. The summed E-state index contributed by atoms with van der Waals surface area (Å²) in [4.78, 5) is 14.4. The molecule has 2 aromatic heterocycles. The molecule has 1 aliphatic carbocycles. The van der Waals surface area contributed by atoms with E-state index in [-0.39, 0.29) is 18.6 Å². The molecule has 0 saturated heterocycles. The minimum absolute atomic E-state index is 0.0125. The quantitative estimate of drug-likeness (QED) is 0.877. The van der Waals surface area contributed by atoms with Crippen molar-refractivity contribution in [2.24, 2.45) is 7.05 Å². The van der Waals surface area contributed by atoms with Gasteiger partial charge in [-0.25, -0.2) is 0 Å². The molecule has 106 valence electrons. The fourth-order valence-corrected chi connectivity index (χ4v) is 2.46. The first kappa shape index (κ1) is 12.9. The summed E-state index contributed by atoms with van der Waals surface area (Å²) in [5.41, 5.74) is 0.573. The zero-order valence-electron chi connectivity index (χ0n) is 11.4. The number of aliphatic hydroxyl groups excluding tert-OH is 1. The minimum atomic E-state index is -0.0571. The van der Waals surface area contributed by atoms with Gasteiger partial charge >= 0.3 is 0 Å². The molecule has 1 N–H and O–H groups in total. The second-order valence-corrected chi connectivity index (χ2v) is 5.05. The molecule has 0 atom stereocenters. The molecule has 6 nitrogen and oxygen atoms in total. The van der Waals surface area contributed by atoms with Gasteiger partial charge in [-0.3, -0.25) is 9.48 Å². The molecule has 20 heavy (non-hydrogen) atoms. The molecule has 1 aliphatic rings. The van der Waals surface area contributed by atoms with E-state index in [9.17, 15) is 4.79 Å². The average molecular weight is 274 g/mol. The van der Waals surface area contributed by atoms with Crippen molar-refractivity contribution in [2.45, 2.75) is 18.9 Å². The Bertz CT molecular complexity index is 599. The fourth-order valence-electron chi connectivity index (χ4n) is 2.46. The van der Waals surface area contributed by atoms with E-state index in [0.717, 1.165) is 18.7 Å². The van der Waals surface area contributed by atoms with E-state index in [1.54, 1.807) is 15.8 Å². The van der Waals surface area contributed by atoms with Gasteiger partial charge in [0.15, 0.2) is 0 Å². The van der Waals surface area contributed by atoms with Crippen molar-refractivity contribution in [1.29, 1.82) is 0 Å². The highest BCUT2D eigenvalue weighted by molar-refractivity contribution is 5.97. The number of rotatable bonds is 5. The summed E-state index contributed by atoms with van der Waals surface area (Å²) in [5, 5.41) is 13.3. The standard InChI is InChI=1S/C14H18N4O2/c1-16-13(17-6-2-3-7-17)12(10-15-16)14(20)18(8-9-19)11-4-5-11/h2-3,6-7,10-11,19H,4-5,8-9H2,1H3. The van der Waals surface area contributed by atoms with E-state index in [1.807, 2.05) is 36.1 Å². The number of aliphatic hydroxyl groups is 1. The number of aromatic nitrogens is 3. The Labute approximate surface area is 117 Å². The van der Waals surface area contributed by atoms with Crippen LogP contribution in [0.25, 0.3) is 5.82 Å². The molecule has 0 spiro atoms. The molecule has 0 aromatic carbocycles. The van der Waals surface area contributed by atoms with Crippen molar-refractivity contribution in [3.05, 3.63) is 36.3 Å². The van der Waals surface area contributed by atoms with E-state index in [0.29, 0.717) is 12.1 Å². The van der Waals surface area contributed by atoms with Crippen molar-refractivity contribution in [2.75, 3.05) is 13.2 Å². The molecule has 1 amide bonds. The summed E-state index contributed by atoms with van der Waals surface area (Å²) in [7, 11) is 1.82. The van der Waals surface area contributed by atoms with Crippen LogP contribution in [0, 0.1) is 0 Å². The first-order valence-electron chi connectivity index (χ1n) is 6.79. The van der Waals surface area contributed by atoms with E-state index in [1.165, 1.54) is 0 Å². The summed E-state index contributed by atoms with van der Waals surface area (Å²) in [6.07, 6.45) is 7.42. The van der Waals surface area contributed by atoms with Gasteiger partial charge in [0.1, 0.15) is 11.4 Å². The zero-order valence-corrected chi connectivity index (χ0v) is 11.4. The lowest BCUT2D eigenvalue weighted by atomic mass is 10.2. The molecule has 0 aliphatic heterocycles. The van der Waals surface area contributed by atoms with Gasteiger partial charge in [-0.15, -0.1) is 0 Å². The Morgan fingerprint density at radius 3 is 2.75 bits per heavy atom. The molecular weight excluding hydrogens is 256 g/mol. The molecule has 6 heteroatoms. The third kappa shape index (κ3) is 2.22. The molecule has 2 heterocycles. The Morgan fingerprint density at radius 1 is 1.45 bits per heavy atom. The normalized spacial score (nSPS) is 14.5. The Kier molecular flexibility index (Phi) is 3.31. The highest BCUT2D eigenvalue weighted by Gasteiger charge is 2.34. The van der Waals surface area contributed by atoms with Crippen LogP contribution in [0.15, 0.2) is 30.7 Å². The lowest BCUT2D eigenvalue weighted by molar-refractivity contribution is 0.0707. The van der Waals surface area contributed by atoms with Crippen LogP contribution in [0.2, 0.25) is 0 Å². The summed E-state index contributed by atoms with van der Waals surface area (Å²) in [6.45, 7) is 0.366. The van der Waals surface area contributed by atoms with Crippen LogP contribution in [-0.2, 0) is 7.05 Å². The SMILES string of the molecule is Cn1ncc(C(=O)N(CCO)C2CC2)c1-n1cccc1. The van der Waals surface area contributed by atoms with Gasteiger partial charge in [-0.05, 0) is 25.0 Å². The molecular formula is C14H18N4O2. The number of carbonyl (C=O) groups is 1. The largest absolute Gasteiger partial charge is 0.395 e. The Balaban J connectivity index is 1.95. The van der Waals surface area contributed by atoms with Crippen molar-refractivity contribution >= 4 is 5.91 Å². The maximum Gasteiger partial charge on any atom is 0.259 e. The van der Waals surface area contributed by atoms with Crippen molar-refractivity contribution in [3.63, 3.8) is 0 Å². The predicted octanol–water partition coefficient (Wildman–Crippen LogP) is 0.808.